The van der Waals surface area contributed by atoms with E-state index in [1.807, 2.05) is 12.1 Å². The Labute approximate surface area is 300 Å². The summed E-state index contributed by atoms with van der Waals surface area (Å²) in [4.78, 5) is 4.81. The molecule has 1 aliphatic carbocycles. The van der Waals surface area contributed by atoms with Gasteiger partial charge in [0.1, 0.15) is 0 Å². The lowest BCUT2D eigenvalue weighted by atomic mass is 9.76. The molecule has 0 unspecified atom stereocenters. The van der Waals surface area contributed by atoms with Crippen LogP contribution < -0.4 is 37.9 Å². The van der Waals surface area contributed by atoms with E-state index in [9.17, 15) is 0 Å². The zero-order chi connectivity index (χ0) is 36.0. The van der Waals surface area contributed by atoms with Gasteiger partial charge in [-0.05, 0) is 121 Å². The van der Waals surface area contributed by atoms with Gasteiger partial charge in [-0.1, -0.05) is 0 Å². The Hall–Kier alpha value is -4.80. The molecule has 10 heteroatoms. The Balaban J connectivity index is 1.30. The van der Waals surface area contributed by atoms with Gasteiger partial charge in [0.25, 0.3) is 0 Å². The molecule has 4 aromatic rings. The van der Waals surface area contributed by atoms with E-state index >= 15 is 0 Å². The third kappa shape index (κ3) is 5.94. The van der Waals surface area contributed by atoms with Crippen LogP contribution in [0.25, 0.3) is 11.1 Å². The minimum Gasteiger partial charge on any atom is -0.493 e. The Morgan fingerprint density at radius 2 is 1.12 bits per heavy atom. The molecular formula is C41H48N2O8. The molecule has 0 N–H and O–H groups in total. The summed E-state index contributed by atoms with van der Waals surface area (Å²) in [6, 6.07) is 14.9. The quantitative estimate of drug-likeness (QED) is 0.163. The molecule has 0 amide bonds. The minimum absolute atomic E-state index is 0.0993. The lowest BCUT2D eigenvalue weighted by Gasteiger charge is -2.40. The summed E-state index contributed by atoms with van der Waals surface area (Å²) in [5.74, 6) is 5.78. The first kappa shape index (κ1) is 34.6. The van der Waals surface area contributed by atoms with Gasteiger partial charge >= 0.3 is 0 Å². The summed E-state index contributed by atoms with van der Waals surface area (Å²) in [5.41, 5.74) is 9.38. The molecule has 0 fully saturated rings. The monoisotopic (exact) mass is 696 g/mol. The first-order valence-electron chi connectivity index (χ1n) is 17.3. The number of fused-ring (bicyclic) bond motifs is 3. The largest absolute Gasteiger partial charge is 0.493 e. The molecule has 51 heavy (non-hydrogen) atoms. The van der Waals surface area contributed by atoms with Crippen LogP contribution in [0.3, 0.4) is 0 Å². The second-order valence-electron chi connectivity index (χ2n) is 13.5. The number of methoxy groups -OCH3 is 7. The van der Waals surface area contributed by atoms with E-state index in [1.165, 1.54) is 22.3 Å². The predicted molar refractivity (Wildman–Crippen MR) is 196 cm³/mol. The molecule has 0 radical (unpaired) electrons. The van der Waals surface area contributed by atoms with Gasteiger partial charge in [0, 0.05) is 30.7 Å². The summed E-state index contributed by atoms with van der Waals surface area (Å²) in [7, 11) is 16.1. The lowest BCUT2D eigenvalue weighted by molar-refractivity contribution is 0.226. The van der Waals surface area contributed by atoms with Gasteiger partial charge in [0.15, 0.2) is 46.0 Å². The second-order valence-corrected chi connectivity index (χ2v) is 13.5. The highest BCUT2D eigenvalue weighted by Gasteiger charge is 2.37. The lowest BCUT2D eigenvalue weighted by Crippen LogP contribution is -2.35. The zero-order valence-electron chi connectivity index (χ0n) is 31.1. The van der Waals surface area contributed by atoms with Crippen molar-refractivity contribution in [3.63, 3.8) is 0 Å². The SMILES string of the molecule is COc1cc2c(cc1OC)[C@H](Cc1cc(OC)c(OC)c(Oc3cc4c(cc3OC)-c3c(OC)c(OC)cc5c3[C@H](C4)N(C)CC5)c1)N(C)CC2. The van der Waals surface area contributed by atoms with Gasteiger partial charge in [0.05, 0.1) is 49.8 Å². The van der Waals surface area contributed by atoms with Gasteiger partial charge in [-0.3, -0.25) is 9.80 Å². The van der Waals surface area contributed by atoms with Crippen LogP contribution in [-0.2, 0) is 25.7 Å². The number of likely N-dealkylation sites (N-methyl/N-ethyl adjacent to an activating group) is 2. The highest BCUT2D eigenvalue weighted by molar-refractivity contribution is 5.85. The van der Waals surface area contributed by atoms with Gasteiger partial charge in [-0.15, -0.1) is 0 Å². The van der Waals surface area contributed by atoms with Crippen LogP contribution in [0, 0.1) is 0 Å². The Bertz CT molecular complexity index is 1960. The fourth-order valence-corrected chi connectivity index (χ4v) is 8.24. The molecule has 2 aliphatic heterocycles. The maximum absolute atomic E-state index is 6.80. The summed E-state index contributed by atoms with van der Waals surface area (Å²) in [6.07, 6.45) is 3.42. The number of hydrogen-bond donors (Lipinski definition) is 0. The predicted octanol–water partition coefficient (Wildman–Crippen LogP) is 7.06. The normalized spacial score (nSPS) is 17.8. The molecule has 4 aromatic carbocycles. The maximum atomic E-state index is 6.80. The van der Waals surface area contributed by atoms with Crippen molar-refractivity contribution in [2.24, 2.45) is 0 Å². The van der Waals surface area contributed by atoms with E-state index in [0.29, 0.717) is 35.2 Å². The Morgan fingerprint density at radius 1 is 0.549 bits per heavy atom. The van der Waals surface area contributed by atoms with Crippen molar-refractivity contribution in [2.45, 2.75) is 37.8 Å². The van der Waals surface area contributed by atoms with Crippen LogP contribution in [0.1, 0.15) is 45.5 Å². The van der Waals surface area contributed by atoms with Crippen molar-refractivity contribution in [3.8, 4) is 62.9 Å². The minimum atomic E-state index is 0.0993. The number of benzene rings is 4. The zero-order valence-corrected chi connectivity index (χ0v) is 31.1. The van der Waals surface area contributed by atoms with Crippen LogP contribution in [-0.4, -0.2) is 86.8 Å². The van der Waals surface area contributed by atoms with Gasteiger partial charge < -0.3 is 37.9 Å². The Kier molecular flexibility index (Phi) is 9.56. The van der Waals surface area contributed by atoms with Crippen molar-refractivity contribution in [1.82, 2.24) is 9.80 Å². The molecule has 7 rings (SSSR count). The van der Waals surface area contributed by atoms with E-state index < -0.39 is 0 Å². The maximum Gasteiger partial charge on any atom is 0.203 e. The summed E-state index contributed by atoms with van der Waals surface area (Å²) >= 11 is 0. The highest BCUT2D eigenvalue weighted by Crippen LogP contribution is 2.55. The van der Waals surface area contributed by atoms with Crippen LogP contribution in [0.4, 0.5) is 0 Å². The summed E-state index contributed by atoms with van der Waals surface area (Å²) < 4.78 is 47.8. The van der Waals surface area contributed by atoms with E-state index in [4.69, 9.17) is 37.9 Å². The molecular weight excluding hydrogens is 648 g/mol. The molecule has 10 nitrogen and oxygen atoms in total. The second kappa shape index (κ2) is 14.1. The number of hydrogen-bond acceptors (Lipinski definition) is 10. The van der Waals surface area contributed by atoms with Gasteiger partial charge in [-0.2, -0.15) is 0 Å². The smallest absolute Gasteiger partial charge is 0.203 e. The first-order valence-corrected chi connectivity index (χ1v) is 17.3. The van der Waals surface area contributed by atoms with E-state index in [0.717, 1.165) is 77.6 Å². The molecule has 2 heterocycles. The molecule has 0 saturated carbocycles. The van der Waals surface area contributed by atoms with E-state index in [2.05, 4.69) is 54.2 Å². The topological polar surface area (TPSA) is 80.3 Å². The molecule has 270 valence electrons. The average Bonchev–Trinajstić information content (AvgIpc) is 3.15. The molecule has 2 atom stereocenters. The van der Waals surface area contributed by atoms with Crippen LogP contribution >= 0.6 is 0 Å². The van der Waals surface area contributed by atoms with Crippen LogP contribution in [0.15, 0.2) is 42.5 Å². The molecule has 0 bridgehead atoms. The first-order chi connectivity index (χ1) is 24.8. The van der Waals surface area contributed by atoms with Crippen LogP contribution in [0.5, 0.6) is 51.7 Å². The number of rotatable bonds is 11. The molecule has 0 spiro atoms. The summed E-state index contributed by atoms with van der Waals surface area (Å²) in [5, 5.41) is 0. The third-order valence-corrected chi connectivity index (χ3v) is 10.9. The average molecular weight is 697 g/mol. The van der Waals surface area contributed by atoms with Crippen molar-refractivity contribution in [1.29, 1.82) is 0 Å². The van der Waals surface area contributed by atoms with E-state index in [1.54, 1.807) is 49.8 Å². The van der Waals surface area contributed by atoms with Crippen LogP contribution in [0.2, 0.25) is 0 Å². The standard InChI is InChI=1S/C41H48N2O8/c1-42-12-10-24-18-31(44-3)32(45-4)21-27(24)29(42)14-23-15-35(47-6)40(49-8)37(16-23)51-34-20-26-17-30-38-25(11-13-43(30)2)19-36(48-7)41(50-9)39(38)28(26)22-33(34)46-5/h15-16,18-22,29-30H,10-14,17H2,1-9H3/t29-,30-/m0/s1. The third-order valence-electron chi connectivity index (χ3n) is 10.9. The van der Waals surface area contributed by atoms with Gasteiger partial charge in [0.2, 0.25) is 5.75 Å². The van der Waals surface area contributed by atoms with Crippen molar-refractivity contribution >= 4 is 0 Å². The van der Waals surface area contributed by atoms with Crippen molar-refractivity contribution in [3.05, 3.63) is 75.8 Å². The Morgan fingerprint density at radius 3 is 1.80 bits per heavy atom. The van der Waals surface area contributed by atoms with Gasteiger partial charge in [-0.25, -0.2) is 0 Å². The fraction of sp³-hybridized carbons (Fsp3) is 0.415. The van der Waals surface area contributed by atoms with Crippen molar-refractivity contribution < 1.29 is 37.9 Å². The van der Waals surface area contributed by atoms with E-state index in [-0.39, 0.29) is 12.1 Å². The number of nitrogens with zero attached hydrogens (tertiary/aromatic N) is 2. The number of ether oxygens (including phenoxy) is 8. The molecule has 3 aliphatic rings. The summed E-state index contributed by atoms with van der Waals surface area (Å²) in [6.45, 7) is 1.89. The fourth-order valence-electron chi connectivity index (χ4n) is 8.24. The molecule has 0 aromatic heterocycles. The molecule has 0 saturated heterocycles. The van der Waals surface area contributed by atoms with Crippen molar-refractivity contribution in [2.75, 3.05) is 77.0 Å². The highest BCUT2D eigenvalue weighted by atomic mass is 16.5.